The lowest BCUT2D eigenvalue weighted by atomic mass is 9.62. The van der Waals surface area contributed by atoms with Gasteiger partial charge in [0.05, 0.1) is 16.5 Å². The Morgan fingerprint density at radius 3 is 2.67 bits per heavy atom. The number of aliphatic hydroxyl groups is 1. The van der Waals surface area contributed by atoms with Crippen molar-refractivity contribution in [2.24, 2.45) is 17.8 Å². The number of β-amino-alcohol motifs (C(OH)–C–C–N with tert-alkyl or cyclic N) is 1. The largest absolute Gasteiger partial charge is 0.487 e. The zero-order chi connectivity index (χ0) is 35.8. The Hall–Kier alpha value is -2.41. The Bertz CT molecular complexity index is 1680. The fourth-order valence-electron chi connectivity index (χ4n) is 9.26. The Kier molecular flexibility index (Phi) is 11.2. The first-order valence-electron chi connectivity index (χ1n) is 19.2. The minimum atomic E-state index is -3.94. The van der Waals surface area contributed by atoms with Gasteiger partial charge in [-0.05, 0) is 111 Å². The molecule has 5 aliphatic rings. The van der Waals surface area contributed by atoms with E-state index in [0.717, 1.165) is 102 Å². The van der Waals surface area contributed by atoms with Crippen LogP contribution < -0.4 is 19.7 Å². The topological polar surface area (TPSA) is 114 Å². The summed E-state index contributed by atoms with van der Waals surface area (Å²) >= 11 is 6.39. The molecule has 2 saturated heterocycles. The number of nitrogens with zero attached hydrogens (tertiary/aromatic N) is 3. The summed E-state index contributed by atoms with van der Waals surface area (Å²) in [6.07, 6.45) is 6.81. The van der Waals surface area contributed by atoms with E-state index in [0.29, 0.717) is 42.8 Å². The lowest BCUT2D eigenvalue weighted by Gasteiger charge is -2.52. The van der Waals surface area contributed by atoms with Gasteiger partial charge in [0.1, 0.15) is 12.4 Å². The number of nitrogens with one attached hydrogen (secondary N) is 2. The molecule has 280 valence electrons. The number of sulfonamides is 1. The molecular formula is C39H56ClN5O5S. The Morgan fingerprint density at radius 2 is 1.84 bits per heavy atom. The van der Waals surface area contributed by atoms with Crippen LogP contribution in [0.15, 0.2) is 36.4 Å². The second-order valence-corrected chi connectivity index (χ2v) is 18.5. The molecule has 1 amide bonds. The van der Waals surface area contributed by atoms with Gasteiger partial charge in [0.15, 0.2) is 0 Å². The zero-order valence-corrected chi connectivity index (χ0v) is 31.9. The highest BCUT2D eigenvalue weighted by Crippen LogP contribution is 2.46. The summed E-state index contributed by atoms with van der Waals surface area (Å²) in [5.74, 6) is 0.261. The van der Waals surface area contributed by atoms with Crippen molar-refractivity contribution in [1.82, 2.24) is 19.8 Å². The van der Waals surface area contributed by atoms with Gasteiger partial charge in [-0.1, -0.05) is 31.0 Å². The van der Waals surface area contributed by atoms with E-state index in [1.807, 2.05) is 25.1 Å². The van der Waals surface area contributed by atoms with Crippen LogP contribution in [-0.2, 0) is 23.1 Å². The Balaban J connectivity index is 1.22. The van der Waals surface area contributed by atoms with Crippen LogP contribution in [-0.4, -0.2) is 105 Å². The fraction of sp³-hybridized carbons (Fsp3) is 0.667. The van der Waals surface area contributed by atoms with Crippen molar-refractivity contribution in [3.8, 4) is 5.75 Å². The molecule has 51 heavy (non-hydrogen) atoms. The lowest BCUT2D eigenvalue weighted by molar-refractivity contribution is -0.113. The van der Waals surface area contributed by atoms with Crippen LogP contribution in [0.25, 0.3) is 0 Å². The number of anilines is 1. The highest BCUT2D eigenvalue weighted by Gasteiger charge is 2.48. The van der Waals surface area contributed by atoms with Crippen LogP contribution >= 0.6 is 11.6 Å². The third-order valence-corrected chi connectivity index (χ3v) is 14.9. The van der Waals surface area contributed by atoms with Crippen molar-refractivity contribution in [2.45, 2.75) is 88.7 Å². The maximum Gasteiger partial charge on any atom is 0.264 e. The zero-order valence-electron chi connectivity index (χ0n) is 30.3. The summed E-state index contributed by atoms with van der Waals surface area (Å²) in [6.45, 7) is 12.1. The average molecular weight is 742 g/mol. The highest BCUT2D eigenvalue weighted by atomic mass is 35.5. The predicted octanol–water partition coefficient (Wildman–Crippen LogP) is 4.68. The van der Waals surface area contributed by atoms with E-state index < -0.39 is 26.8 Å². The predicted molar refractivity (Wildman–Crippen MR) is 202 cm³/mol. The van der Waals surface area contributed by atoms with Gasteiger partial charge in [0, 0.05) is 75.5 Å². The quantitative estimate of drug-likeness (QED) is 0.404. The van der Waals surface area contributed by atoms with Crippen molar-refractivity contribution in [1.29, 1.82) is 0 Å². The van der Waals surface area contributed by atoms with Crippen LogP contribution in [0.2, 0.25) is 5.02 Å². The molecule has 0 spiro atoms. The molecule has 0 aromatic heterocycles. The first kappa shape index (κ1) is 36.9. The van der Waals surface area contributed by atoms with Crippen LogP contribution in [0.5, 0.6) is 5.75 Å². The maximum atomic E-state index is 13.6. The van der Waals surface area contributed by atoms with Gasteiger partial charge in [0.25, 0.3) is 5.91 Å². The van der Waals surface area contributed by atoms with Crippen molar-refractivity contribution < 1.29 is 23.1 Å². The summed E-state index contributed by atoms with van der Waals surface area (Å²) in [4.78, 5) is 21.0. The molecule has 10 nitrogen and oxygen atoms in total. The minimum absolute atomic E-state index is 0.129. The SMILES string of the molecule is C[C@@H]1[C@@H](C)CCC[C@@](O)(CN2CCN3CCNC[C@@H]3C2)[C@@H]2CC[C@H]2CN2CCCCc3cc(Cl)ccc3COc3ccc(cc32)C(=O)NS1(=O)=O. The second-order valence-electron chi connectivity index (χ2n) is 16.0. The molecule has 2 aromatic rings. The number of fused-ring (bicyclic) bond motifs is 4. The number of aryl methyl sites for hydroxylation is 1. The molecular weight excluding hydrogens is 686 g/mol. The molecule has 7 rings (SSSR count). The molecule has 4 heterocycles. The van der Waals surface area contributed by atoms with Crippen LogP contribution in [0.4, 0.5) is 5.69 Å². The molecule has 3 fully saturated rings. The summed E-state index contributed by atoms with van der Waals surface area (Å²) in [6, 6.07) is 11.7. The maximum absolute atomic E-state index is 13.6. The summed E-state index contributed by atoms with van der Waals surface area (Å²) in [5, 5.41) is 16.3. The number of hydrogen-bond acceptors (Lipinski definition) is 9. The minimum Gasteiger partial charge on any atom is -0.487 e. The molecule has 1 saturated carbocycles. The van der Waals surface area contributed by atoms with Gasteiger partial charge in [-0.15, -0.1) is 0 Å². The van der Waals surface area contributed by atoms with Crippen LogP contribution in [0, 0.1) is 17.8 Å². The normalized spacial score (nSPS) is 32.5. The molecule has 12 heteroatoms. The number of benzene rings is 2. The van der Waals surface area contributed by atoms with Gasteiger partial charge in [-0.2, -0.15) is 0 Å². The number of piperazine rings is 2. The van der Waals surface area contributed by atoms with E-state index in [2.05, 4.69) is 24.7 Å². The third kappa shape index (κ3) is 8.24. The standard InChI is InChI=1S/C39H56ClN5O5S/c1-27-6-5-14-39(47,26-43-18-19-44-17-15-41-22-34(44)24-43)35-12-9-31(35)23-45-16-4-3-7-29-20-33(40)11-8-32(29)25-50-37-13-10-30(21-36(37)45)38(46)42-51(48,49)28(27)2/h8,10-11,13,20-21,27-28,31,34-35,41,47H,3-7,9,12,14-19,22-26H2,1-2H3,(H,42,46)/t27-,28+,31-,34+,35+,39+/m0/s1. The van der Waals surface area contributed by atoms with E-state index in [9.17, 15) is 18.3 Å². The first-order chi connectivity index (χ1) is 24.5. The van der Waals surface area contributed by atoms with Gasteiger partial charge in [-0.25, -0.2) is 13.1 Å². The molecule has 6 atom stereocenters. The smallest absolute Gasteiger partial charge is 0.264 e. The number of amides is 1. The fourth-order valence-corrected chi connectivity index (χ4v) is 10.8. The number of ether oxygens (including phenoxy) is 1. The molecule has 3 N–H and O–H groups in total. The van der Waals surface area contributed by atoms with Crippen LogP contribution in [0.3, 0.4) is 0 Å². The van der Waals surface area contributed by atoms with E-state index in [4.69, 9.17) is 16.3 Å². The van der Waals surface area contributed by atoms with Gasteiger partial charge < -0.3 is 20.1 Å². The van der Waals surface area contributed by atoms with Gasteiger partial charge in [-0.3, -0.25) is 14.6 Å². The molecule has 1 aliphatic carbocycles. The molecule has 2 aromatic carbocycles. The summed E-state index contributed by atoms with van der Waals surface area (Å²) < 4.78 is 36.0. The number of hydrogen-bond donors (Lipinski definition) is 3. The number of carbonyl (C=O) groups is 1. The first-order valence-corrected chi connectivity index (χ1v) is 21.2. The summed E-state index contributed by atoms with van der Waals surface area (Å²) in [5.41, 5.74) is 2.47. The van der Waals surface area contributed by atoms with Crippen molar-refractivity contribution in [2.75, 3.05) is 63.8 Å². The number of rotatable bonds is 2. The Morgan fingerprint density at radius 1 is 0.980 bits per heavy atom. The van der Waals surface area contributed by atoms with E-state index in [1.165, 1.54) is 5.56 Å². The lowest BCUT2D eigenvalue weighted by Crippen LogP contribution is -2.64. The van der Waals surface area contributed by atoms with E-state index in [1.54, 1.807) is 25.1 Å². The van der Waals surface area contributed by atoms with Gasteiger partial charge in [0.2, 0.25) is 10.0 Å². The van der Waals surface area contributed by atoms with E-state index in [-0.39, 0.29) is 23.3 Å². The van der Waals surface area contributed by atoms with Crippen molar-refractivity contribution in [3.63, 3.8) is 0 Å². The molecule has 2 bridgehead atoms. The van der Waals surface area contributed by atoms with E-state index >= 15 is 0 Å². The monoisotopic (exact) mass is 741 g/mol. The molecule has 4 aliphatic heterocycles. The molecule has 0 unspecified atom stereocenters. The molecule has 0 radical (unpaired) electrons. The van der Waals surface area contributed by atoms with Crippen LogP contribution in [0.1, 0.15) is 80.3 Å². The summed E-state index contributed by atoms with van der Waals surface area (Å²) in [7, 11) is -3.94. The Labute approximate surface area is 309 Å². The second kappa shape index (κ2) is 15.5. The van der Waals surface area contributed by atoms with Crippen molar-refractivity contribution in [3.05, 3.63) is 58.1 Å². The average Bonchev–Trinajstić information content (AvgIpc) is 3.12. The number of halogens is 1. The number of carbonyl (C=O) groups excluding carboxylic acids is 1. The van der Waals surface area contributed by atoms with Gasteiger partial charge >= 0.3 is 0 Å². The third-order valence-electron chi connectivity index (χ3n) is 12.7. The van der Waals surface area contributed by atoms with Crippen molar-refractivity contribution >= 4 is 33.2 Å². The highest BCUT2D eigenvalue weighted by molar-refractivity contribution is 7.90.